The third-order valence-corrected chi connectivity index (χ3v) is 9.11. The fourth-order valence-corrected chi connectivity index (χ4v) is 6.58. The Morgan fingerprint density at radius 1 is 0.957 bits per heavy atom. The Kier molecular flexibility index (Phi) is 8.83. The van der Waals surface area contributed by atoms with Gasteiger partial charge in [-0.05, 0) is 53.4 Å². The molecule has 0 aliphatic carbocycles. The summed E-state index contributed by atoms with van der Waals surface area (Å²) in [5.74, 6) is -1.21. The average molecular weight is 616 g/mol. The van der Waals surface area contributed by atoms with Crippen molar-refractivity contribution in [3.63, 3.8) is 0 Å². The Hall–Kier alpha value is -5.05. The predicted octanol–water partition coefficient (Wildman–Crippen LogP) is 5.24. The first-order chi connectivity index (χ1) is 22.3. The molecule has 0 fully saturated rings. The molecule has 2 N–H and O–H groups in total. The lowest BCUT2D eigenvalue weighted by atomic mass is 9.83. The summed E-state index contributed by atoms with van der Waals surface area (Å²) >= 11 is 0. The lowest BCUT2D eigenvalue weighted by Crippen LogP contribution is -2.46. The third kappa shape index (κ3) is 5.73. The van der Waals surface area contributed by atoms with Gasteiger partial charge in [-0.1, -0.05) is 91.9 Å². The fourth-order valence-electron chi connectivity index (χ4n) is 6.58. The van der Waals surface area contributed by atoms with Gasteiger partial charge in [-0.3, -0.25) is 19.3 Å². The van der Waals surface area contributed by atoms with E-state index in [2.05, 4.69) is 0 Å². The zero-order chi connectivity index (χ0) is 32.3. The van der Waals surface area contributed by atoms with Crippen LogP contribution in [0.3, 0.4) is 0 Å². The molecule has 0 saturated heterocycles. The Morgan fingerprint density at radius 3 is 2.41 bits per heavy atom. The van der Waals surface area contributed by atoms with E-state index in [0.29, 0.717) is 29.9 Å². The standard InChI is InChI=1S/C38H37N3O5/c1-27(11-9-20-36(44)39-24-30-14-6-5-13-29(30)22-33(39)25-42)38(46)34-18-7-8-19-35(34)40(37(38)45)23-28-12-10-17-32(21-28)41(26-43)31-15-3-2-4-16-31/h2-19,21,26-27,33,42,46H,20,22-25H2,1H3/b11-9+/t27-,33+,38+/m1/s1. The van der Waals surface area contributed by atoms with Gasteiger partial charge in [0.1, 0.15) is 0 Å². The molecule has 2 aliphatic rings. The highest BCUT2D eigenvalue weighted by Gasteiger charge is 2.52. The van der Waals surface area contributed by atoms with E-state index >= 15 is 0 Å². The van der Waals surface area contributed by atoms with Gasteiger partial charge in [0.15, 0.2) is 5.60 Å². The van der Waals surface area contributed by atoms with E-state index in [1.807, 2.05) is 91.0 Å². The van der Waals surface area contributed by atoms with Crippen molar-refractivity contribution in [3.8, 4) is 0 Å². The number of anilines is 3. The Morgan fingerprint density at radius 2 is 1.65 bits per heavy atom. The molecule has 0 bridgehead atoms. The molecule has 0 saturated carbocycles. The summed E-state index contributed by atoms with van der Waals surface area (Å²) < 4.78 is 0. The van der Waals surface area contributed by atoms with E-state index < -0.39 is 17.4 Å². The van der Waals surface area contributed by atoms with Crippen LogP contribution in [0.25, 0.3) is 0 Å². The van der Waals surface area contributed by atoms with Crippen molar-refractivity contribution < 1.29 is 24.6 Å². The SMILES string of the molecule is C[C@H](/C=C/CC(=O)N1Cc2ccccc2C[C@H]1CO)[C@@]1(O)C(=O)N(Cc2cccc(N(C=O)c3ccccc3)c2)c2ccccc21. The highest BCUT2D eigenvalue weighted by Crippen LogP contribution is 2.45. The molecular formula is C38H37N3O5. The van der Waals surface area contributed by atoms with Crippen LogP contribution in [0, 0.1) is 5.92 Å². The number of benzene rings is 4. The van der Waals surface area contributed by atoms with Crippen LogP contribution in [0.4, 0.5) is 17.1 Å². The number of aliphatic hydroxyl groups excluding tert-OH is 1. The molecule has 4 aromatic rings. The molecule has 0 aromatic heterocycles. The van der Waals surface area contributed by atoms with E-state index in [1.165, 1.54) is 0 Å². The topological polar surface area (TPSA) is 101 Å². The van der Waals surface area contributed by atoms with Gasteiger partial charge in [-0.2, -0.15) is 0 Å². The number of nitrogens with zero attached hydrogens (tertiary/aromatic N) is 3. The van der Waals surface area contributed by atoms with Gasteiger partial charge in [0.2, 0.25) is 12.3 Å². The van der Waals surface area contributed by atoms with Crippen LogP contribution in [0.5, 0.6) is 0 Å². The normalized spacial score (nSPS) is 19.5. The molecule has 8 heteroatoms. The maximum absolute atomic E-state index is 14.0. The molecular weight excluding hydrogens is 578 g/mol. The van der Waals surface area contributed by atoms with Gasteiger partial charge in [-0.25, -0.2) is 0 Å². The third-order valence-electron chi connectivity index (χ3n) is 9.11. The zero-order valence-corrected chi connectivity index (χ0v) is 25.7. The number of hydrogen-bond acceptors (Lipinski definition) is 5. The van der Waals surface area contributed by atoms with E-state index in [4.69, 9.17) is 0 Å². The predicted molar refractivity (Wildman–Crippen MR) is 177 cm³/mol. The lowest BCUT2D eigenvalue weighted by molar-refractivity contribution is -0.139. The number of rotatable bonds is 10. The first kappa shape index (κ1) is 31.0. The van der Waals surface area contributed by atoms with Crippen LogP contribution < -0.4 is 9.80 Å². The summed E-state index contributed by atoms with van der Waals surface area (Å²) in [6, 6.07) is 31.6. The molecule has 0 unspecified atom stereocenters. The van der Waals surface area contributed by atoms with Crippen molar-refractivity contribution in [2.45, 2.75) is 44.5 Å². The summed E-state index contributed by atoms with van der Waals surface area (Å²) in [5, 5.41) is 22.0. The smallest absolute Gasteiger partial charge is 0.264 e. The molecule has 2 heterocycles. The fraction of sp³-hybridized carbons (Fsp3) is 0.237. The minimum atomic E-state index is -1.83. The van der Waals surface area contributed by atoms with Crippen LogP contribution >= 0.6 is 0 Å². The summed E-state index contributed by atoms with van der Waals surface area (Å²) in [5.41, 5.74) is 3.69. The Bertz CT molecular complexity index is 1770. The van der Waals surface area contributed by atoms with E-state index in [1.54, 1.807) is 45.9 Å². The van der Waals surface area contributed by atoms with Crippen molar-refractivity contribution in [1.29, 1.82) is 0 Å². The van der Waals surface area contributed by atoms with Gasteiger partial charge in [0.25, 0.3) is 5.91 Å². The Labute approximate surface area is 268 Å². The molecule has 0 spiro atoms. The van der Waals surface area contributed by atoms with Gasteiger partial charge < -0.3 is 20.0 Å². The van der Waals surface area contributed by atoms with Gasteiger partial charge in [0, 0.05) is 35.8 Å². The highest BCUT2D eigenvalue weighted by atomic mass is 16.3. The molecule has 3 atom stereocenters. The maximum Gasteiger partial charge on any atom is 0.264 e. The zero-order valence-electron chi connectivity index (χ0n) is 25.7. The quantitative estimate of drug-likeness (QED) is 0.188. The second kappa shape index (κ2) is 13.1. The second-order valence-corrected chi connectivity index (χ2v) is 11.9. The van der Waals surface area contributed by atoms with E-state index in [0.717, 1.165) is 28.8 Å². The lowest BCUT2D eigenvalue weighted by Gasteiger charge is -2.36. The van der Waals surface area contributed by atoms with Gasteiger partial charge in [-0.15, -0.1) is 0 Å². The first-order valence-corrected chi connectivity index (χ1v) is 15.5. The molecule has 234 valence electrons. The maximum atomic E-state index is 14.0. The van der Waals surface area contributed by atoms with Crippen molar-refractivity contribution in [2.24, 2.45) is 5.92 Å². The van der Waals surface area contributed by atoms with Crippen molar-refractivity contribution in [1.82, 2.24) is 4.90 Å². The van der Waals surface area contributed by atoms with E-state index in [-0.39, 0.29) is 31.5 Å². The summed E-state index contributed by atoms with van der Waals surface area (Å²) in [4.78, 5) is 44.2. The van der Waals surface area contributed by atoms with Crippen LogP contribution in [-0.4, -0.2) is 46.0 Å². The molecule has 46 heavy (non-hydrogen) atoms. The number of carbonyl (C=O) groups is 3. The average Bonchev–Trinajstić information content (AvgIpc) is 3.31. The number of para-hydroxylation sites is 2. The second-order valence-electron chi connectivity index (χ2n) is 11.9. The summed E-state index contributed by atoms with van der Waals surface area (Å²) in [7, 11) is 0. The van der Waals surface area contributed by atoms with Crippen LogP contribution in [0.15, 0.2) is 115 Å². The van der Waals surface area contributed by atoms with Gasteiger partial charge >= 0.3 is 0 Å². The number of carbonyl (C=O) groups excluding carboxylic acids is 3. The molecule has 3 amide bonds. The molecule has 8 nitrogen and oxygen atoms in total. The summed E-state index contributed by atoms with van der Waals surface area (Å²) in [6.07, 6.45) is 4.88. The number of aliphatic hydroxyl groups is 2. The highest BCUT2D eigenvalue weighted by molar-refractivity contribution is 6.07. The van der Waals surface area contributed by atoms with Crippen molar-refractivity contribution >= 4 is 35.3 Å². The van der Waals surface area contributed by atoms with Crippen molar-refractivity contribution in [2.75, 3.05) is 16.4 Å². The number of fused-ring (bicyclic) bond motifs is 2. The van der Waals surface area contributed by atoms with E-state index in [9.17, 15) is 24.6 Å². The molecule has 4 aromatic carbocycles. The van der Waals surface area contributed by atoms with Crippen LogP contribution in [0.2, 0.25) is 0 Å². The van der Waals surface area contributed by atoms with Crippen LogP contribution in [0.1, 0.15) is 35.6 Å². The first-order valence-electron chi connectivity index (χ1n) is 15.5. The monoisotopic (exact) mass is 615 g/mol. The molecule has 6 rings (SSSR count). The Balaban J connectivity index is 1.19. The number of hydrogen-bond donors (Lipinski definition) is 2. The van der Waals surface area contributed by atoms with Crippen LogP contribution in [-0.2, 0) is 39.5 Å². The number of amides is 3. The molecule has 2 aliphatic heterocycles. The van der Waals surface area contributed by atoms with Gasteiger partial charge in [0.05, 0.1) is 24.9 Å². The van der Waals surface area contributed by atoms with Crippen molar-refractivity contribution in [3.05, 3.63) is 138 Å². The summed E-state index contributed by atoms with van der Waals surface area (Å²) in [6.45, 7) is 2.28. The molecule has 0 radical (unpaired) electrons. The minimum absolute atomic E-state index is 0.0834. The largest absolute Gasteiger partial charge is 0.394 e. The minimum Gasteiger partial charge on any atom is -0.394 e.